The molecule has 0 aliphatic carbocycles. The van der Waals surface area contributed by atoms with Crippen LogP contribution in [0.1, 0.15) is 5.56 Å². The van der Waals surface area contributed by atoms with Gasteiger partial charge in [-0.05, 0) is 48.5 Å². The van der Waals surface area contributed by atoms with Crippen LogP contribution in [0.25, 0.3) is 35.3 Å². The van der Waals surface area contributed by atoms with E-state index in [1.54, 1.807) is 22.9 Å². The molecular weight excluding hydrogens is 431 g/mol. The molecule has 168 valence electrons. The van der Waals surface area contributed by atoms with E-state index in [0.29, 0.717) is 33.1 Å². The van der Waals surface area contributed by atoms with Crippen LogP contribution >= 0.6 is 0 Å². The molecule has 0 radical (unpaired) electrons. The number of hydrogen-bond donors (Lipinski definition) is 1. The fourth-order valence-corrected chi connectivity index (χ4v) is 3.80. The lowest BCUT2D eigenvalue weighted by Gasteiger charge is -2.04. The summed E-state index contributed by atoms with van der Waals surface area (Å²) in [5.74, 6) is -0.348. The van der Waals surface area contributed by atoms with Gasteiger partial charge in [0.1, 0.15) is 5.69 Å². The number of ether oxygens (including phenoxy) is 1. The van der Waals surface area contributed by atoms with Crippen LogP contribution in [0.4, 0.5) is 4.39 Å². The Morgan fingerprint density at radius 1 is 1.00 bits per heavy atom. The van der Waals surface area contributed by atoms with E-state index in [0.717, 1.165) is 5.69 Å². The van der Waals surface area contributed by atoms with Crippen LogP contribution in [0.2, 0.25) is 0 Å². The summed E-state index contributed by atoms with van der Waals surface area (Å²) in [5.41, 5.74) is 3.03. The third kappa shape index (κ3) is 3.84. The van der Waals surface area contributed by atoms with E-state index >= 15 is 0 Å². The van der Waals surface area contributed by atoms with Gasteiger partial charge in [-0.3, -0.25) is 9.89 Å². The van der Waals surface area contributed by atoms with Gasteiger partial charge in [0.25, 0.3) is 5.56 Å². The second kappa shape index (κ2) is 8.71. The van der Waals surface area contributed by atoms with Crippen molar-refractivity contribution in [3.05, 3.63) is 117 Å². The first-order chi connectivity index (χ1) is 16.5. The van der Waals surface area contributed by atoms with Gasteiger partial charge in [-0.15, -0.1) is 0 Å². The zero-order valence-electron chi connectivity index (χ0n) is 18.4. The highest BCUT2D eigenvalue weighted by Crippen LogP contribution is 2.28. The van der Waals surface area contributed by atoms with Gasteiger partial charge in [0.2, 0.25) is 0 Å². The summed E-state index contributed by atoms with van der Waals surface area (Å²) >= 11 is 0. The summed E-state index contributed by atoms with van der Waals surface area (Å²) in [7, 11) is 1.42. The summed E-state index contributed by atoms with van der Waals surface area (Å²) in [4.78, 5) is 13.2. The van der Waals surface area contributed by atoms with Crippen LogP contribution < -0.4 is 20.9 Å². The lowest BCUT2D eigenvalue weighted by Crippen LogP contribution is -2.33. The van der Waals surface area contributed by atoms with Gasteiger partial charge < -0.3 is 4.74 Å². The van der Waals surface area contributed by atoms with E-state index in [4.69, 9.17) is 9.84 Å². The number of benzene rings is 3. The van der Waals surface area contributed by atoms with Crippen molar-refractivity contribution in [2.24, 2.45) is 0 Å². The number of rotatable bonds is 5. The number of para-hydroxylation sites is 2. The van der Waals surface area contributed by atoms with Gasteiger partial charge in [0.15, 0.2) is 11.6 Å². The van der Waals surface area contributed by atoms with Gasteiger partial charge in [-0.2, -0.15) is 5.10 Å². The minimum absolute atomic E-state index is 0.146. The molecule has 5 rings (SSSR count). The highest BCUT2D eigenvalue weighted by molar-refractivity contribution is 5.72. The summed E-state index contributed by atoms with van der Waals surface area (Å²) in [6.45, 7) is 4.02. The van der Waals surface area contributed by atoms with Gasteiger partial charge >= 0.3 is 0 Å². The number of aromatic nitrogens is 4. The molecule has 0 amide bonds. The lowest BCUT2D eigenvalue weighted by molar-refractivity contribution is 0.386. The zero-order chi connectivity index (χ0) is 23.7. The average molecular weight is 452 g/mol. The number of aromatic amines is 1. The monoisotopic (exact) mass is 452 g/mol. The quantitative estimate of drug-likeness (QED) is 0.445. The second-order valence-corrected chi connectivity index (χ2v) is 7.69. The SMILES string of the molecule is C=c1[nH]n(-c2ccccc2)c(=O)/c1=C/c1cn(-c2ccccc2)nc1-c1ccc(OC)c(F)c1. The molecule has 7 heteroatoms. The topological polar surface area (TPSA) is 64.8 Å². The molecule has 0 saturated heterocycles. The highest BCUT2D eigenvalue weighted by atomic mass is 19.1. The molecular formula is C27H21FN4O2. The molecule has 3 aromatic carbocycles. The molecule has 5 aromatic rings. The Bertz CT molecular complexity index is 1630. The molecule has 6 nitrogen and oxygen atoms in total. The number of methoxy groups -OCH3 is 1. The number of hydrogen-bond acceptors (Lipinski definition) is 3. The first kappa shape index (κ1) is 21.2. The van der Waals surface area contributed by atoms with Crippen molar-refractivity contribution in [2.75, 3.05) is 7.11 Å². The smallest absolute Gasteiger partial charge is 0.279 e. The van der Waals surface area contributed by atoms with Gasteiger partial charge in [0.05, 0.1) is 29.1 Å². The Morgan fingerprint density at radius 3 is 2.32 bits per heavy atom. The summed E-state index contributed by atoms with van der Waals surface area (Å²) in [6, 6.07) is 23.5. The van der Waals surface area contributed by atoms with Crippen LogP contribution in [0.5, 0.6) is 5.75 Å². The summed E-state index contributed by atoms with van der Waals surface area (Å²) in [6.07, 6.45) is 3.54. The van der Waals surface area contributed by atoms with Gasteiger partial charge in [-0.25, -0.2) is 13.8 Å². The predicted octanol–water partition coefficient (Wildman–Crippen LogP) is 3.41. The molecule has 0 bridgehead atoms. The Morgan fingerprint density at radius 2 is 1.68 bits per heavy atom. The maximum atomic E-state index is 14.5. The molecule has 1 N–H and O–H groups in total. The number of nitrogens with zero attached hydrogens (tertiary/aromatic N) is 3. The normalized spacial score (nSPS) is 11.6. The minimum Gasteiger partial charge on any atom is -0.494 e. The van der Waals surface area contributed by atoms with E-state index in [2.05, 4.69) is 11.7 Å². The Hall–Kier alpha value is -4.65. The number of H-pyrrole nitrogens is 1. The van der Waals surface area contributed by atoms with E-state index in [1.165, 1.54) is 17.9 Å². The standard InChI is InChI=1S/C27H21FN4O2/c1-18-23(27(33)32(29-18)22-11-7-4-8-12-22)15-20-17-31(21-9-5-3-6-10-21)30-26(20)19-13-14-25(34-2)24(28)16-19/h3-17,29H,1H2,2H3/b23-15+. The van der Waals surface area contributed by atoms with Gasteiger partial charge in [-0.1, -0.05) is 43.0 Å². The van der Waals surface area contributed by atoms with Crippen LogP contribution in [0, 0.1) is 5.82 Å². The van der Waals surface area contributed by atoms with Crippen molar-refractivity contribution in [1.82, 2.24) is 19.6 Å². The van der Waals surface area contributed by atoms with Crippen LogP contribution in [0.3, 0.4) is 0 Å². The predicted molar refractivity (Wildman–Crippen MR) is 130 cm³/mol. The molecule has 2 heterocycles. The average Bonchev–Trinajstić information content (AvgIpc) is 3.42. The molecule has 2 aromatic heterocycles. The fourth-order valence-electron chi connectivity index (χ4n) is 3.80. The maximum Gasteiger partial charge on any atom is 0.279 e. The van der Waals surface area contributed by atoms with Crippen molar-refractivity contribution >= 4 is 12.7 Å². The Labute approximate surface area is 194 Å². The van der Waals surface area contributed by atoms with Crippen molar-refractivity contribution < 1.29 is 9.13 Å². The molecule has 0 fully saturated rings. The van der Waals surface area contributed by atoms with Crippen LogP contribution in [-0.4, -0.2) is 26.7 Å². The van der Waals surface area contributed by atoms with E-state index in [1.807, 2.05) is 66.9 Å². The lowest BCUT2D eigenvalue weighted by atomic mass is 10.1. The zero-order valence-corrected chi connectivity index (χ0v) is 18.4. The van der Waals surface area contributed by atoms with Crippen molar-refractivity contribution in [2.45, 2.75) is 0 Å². The molecule has 0 unspecified atom stereocenters. The third-order valence-corrected chi connectivity index (χ3v) is 5.51. The van der Waals surface area contributed by atoms with Gasteiger partial charge in [0, 0.05) is 17.3 Å². The number of nitrogens with one attached hydrogen (secondary N) is 1. The molecule has 0 saturated carbocycles. The first-order valence-corrected chi connectivity index (χ1v) is 10.6. The summed E-state index contributed by atoms with van der Waals surface area (Å²) < 4.78 is 22.7. The Kier molecular flexibility index (Phi) is 5.43. The maximum absolute atomic E-state index is 14.5. The largest absolute Gasteiger partial charge is 0.494 e. The van der Waals surface area contributed by atoms with Crippen molar-refractivity contribution in [3.63, 3.8) is 0 Å². The second-order valence-electron chi connectivity index (χ2n) is 7.69. The molecule has 0 aliphatic rings. The first-order valence-electron chi connectivity index (χ1n) is 10.6. The van der Waals surface area contributed by atoms with Crippen molar-refractivity contribution in [1.29, 1.82) is 0 Å². The Balaban J connectivity index is 1.72. The van der Waals surface area contributed by atoms with E-state index in [9.17, 15) is 9.18 Å². The van der Waals surface area contributed by atoms with Crippen LogP contribution in [0.15, 0.2) is 89.9 Å². The molecule has 0 spiro atoms. The molecule has 0 aliphatic heterocycles. The minimum atomic E-state index is -0.494. The summed E-state index contributed by atoms with van der Waals surface area (Å²) in [5, 5.41) is 8.60. The number of halogens is 1. The fraction of sp³-hybridized carbons (Fsp3) is 0.0370. The van der Waals surface area contributed by atoms with E-state index in [-0.39, 0.29) is 11.3 Å². The molecule has 0 atom stereocenters. The molecule has 34 heavy (non-hydrogen) atoms. The van der Waals surface area contributed by atoms with Crippen LogP contribution in [-0.2, 0) is 0 Å². The third-order valence-electron chi connectivity index (χ3n) is 5.51. The van der Waals surface area contributed by atoms with E-state index < -0.39 is 5.82 Å². The highest BCUT2D eigenvalue weighted by Gasteiger charge is 2.14. The van der Waals surface area contributed by atoms with Crippen molar-refractivity contribution in [3.8, 4) is 28.4 Å².